The summed E-state index contributed by atoms with van der Waals surface area (Å²) in [5, 5.41) is 3.36. The largest absolute Gasteiger partial charge is 0.369 e. The third-order valence-electron chi connectivity index (χ3n) is 3.96. The first-order valence-electron chi connectivity index (χ1n) is 7.29. The number of primary amides is 1. The third-order valence-corrected chi connectivity index (χ3v) is 4.74. The van der Waals surface area contributed by atoms with E-state index < -0.39 is 23.7 Å². The Kier molecular flexibility index (Phi) is 4.73. The Balaban J connectivity index is 2.07. The number of carbonyl (C=O) groups excluding carboxylic acids is 2. The Hall–Kier alpha value is -2.11. The topological polar surface area (TPSA) is 72.2 Å². The minimum Gasteiger partial charge on any atom is -0.369 e. The average molecular weight is 406 g/mol. The fraction of sp³-hybridized carbons (Fsp3) is 0.111. The maximum absolute atomic E-state index is 12.4. The first-order chi connectivity index (χ1) is 11.5. The Bertz CT molecular complexity index is 816. The van der Waals surface area contributed by atoms with E-state index in [4.69, 9.17) is 17.3 Å². The lowest BCUT2D eigenvalue weighted by Gasteiger charge is -2.28. The Morgan fingerprint density at radius 1 is 1.08 bits per heavy atom. The molecule has 0 aliphatic carbocycles. The highest BCUT2D eigenvalue weighted by Crippen LogP contribution is 2.34. The molecule has 0 bridgehead atoms. The lowest BCUT2D eigenvalue weighted by atomic mass is 9.81. The first kappa shape index (κ1) is 16.7. The van der Waals surface area contributed by atoms with Crippen LogP contribution in [0.4, 0.5) is 0 Å². The summed E-state index contributed by atoms with van der Waals surface area (Å²) in [5.74, 6) is -2.45. The maximum Gasteiger partial charge on any atom is 0.237 e. The number of rotatable bonds is 3. The van der Waals surface area contributed by atoms with Crippen LogP contribution in [0.2, 0.25) is 5.02 Å². The molecule has 2 aromatic carbocycles. The molecule has 3 N–H and O–H groups in total. The molecule has 2 aromatic rings. The zero-order valence-electron chi connectivity index (χ0n) is 12.5. The molecule has 2 amide bonds. The second-order valence-electron chi connectivity index (χ2n) is 5.53. The zero-order chi connectivity index (χ0) is 17.3. The molecule has 4 nitrogen and oxygen atoms in total. The molecule has 1 aliphatic heterocycles. The maximum atomic E-state index is 12.4. The van der Waals surface area contributed by atoms with Gasteiger partial charge in [0.25, 0.3) is 0 Å². The Labute approximate surface area is 152 Å². The molecule has 0 radical (unpaired) electrons. The van der Waals surface area contributed by atoms with Crippen LogP contribution in [0.25, 0.3) is 5.70 Å². The Morgan fingerprint density at radius 3 is 2.29 bits per heavy atom. The molecular formula is C18H14BrClN2O2. The molecule has 1 aliphatic rings. The van der Waals surface area contributed by atoms with Crippen LogP contribution in [0.1, 0.15) is 17.0 Å². The molecule has 2 unspecified atom stereocenters. The second kappa shape index (κ2) is 6.79. The number of nitrogens with two attached hydrogens (primary N) is 1. The lowest BCUT2D eigenvalue weighted by molar-refractivity contribution is -0.133. The third kappa shape index (κ3) is 3.37. The fourth-order valence-electron chi connectivity index (χ4n) is 2.77. The van der Waals surface area contributed by atoms with Crippen molar-refractivity contribution in [1.29, 1.82) is 0 Å². The van der Waals surface area contributed by atoms with Crippen LogP contribution in [-0.2, 0) is 9.59 Å². The van der Waals surface area contributed by atoms with Gasteiger partial charge in [-0.1, -0.05) is 57.9 Å². The molecule has 122 valence electrons. The highest BCUT2D eigenvalue weighted by Gasteiger charge is 2.37. The summed E-state index contributed by atoms with van der Waals surface area (Å²) < 4.78 is 0.943. The van der Waals surface area contributed by atoms with Crippen molar-refractivity contribution in [3.63, 3.8) is 0 Å². The summed E-state index contributed by atoms with van der Waals surface area (Å²) in [6, 6.07) is 14.6. The molecule has 1 heterocycles. The van der Waals surface area contributed by atoms with E-state index in [-0.39, 0.29) is 0 Å². The van der Waals surface area contributed by atoms with E-state index in [0.29, 0.717) is 10.7 Å². The van der Waals surface area contributed by atoms with Gasteiger partial charge in [0.1, 0.15) is 5.92 Å². The van der Waals surface area contributed by atoms with E-state index in [9.17, 15) is 9.59 Å². The van der Waals surface area contributed by atoms with Gasteiger partial charge < -0.3 is 11.1 Å². The lowest BCUT2D eigenvalue weighted by Crippen LogP contribution is -2.44. The van der Waals surface area contributed by atoms with Crippen molar-refractivity contribution < 1.29 is 9.59 Å². The minimum atomic E-state index is -0.953. The summed E-state index contributed by atoms with van der Waals surface area (Å²) in [4.78, 5) is 24.3. The van der Waals surface area contributed by atoms with Crippen LogP contribution in [0.5, 0.6) is 0 Å². The average Bonchev–Trinajstić information content (AvgIpc) is 2.55. The van der Waals surface area contributed by atoms with Crippen LogP contribution >= 0.6 is 27.5 Å². The van der Waals surface area contributed by atoms with Crippen LogP contribution in [0, 0.1) is 5.92 Å². The summed E-state index contributed by atoms with van der Waals surface area (Å²) in [6.45, 7) is 0. The molecule has 0 saturated carbocycles. The second-order valence-corrected chi connectivity index (χ2v) is 6.89. The van der Waals surface area contributed by atoms with Gasteiger partial charge in [0.15, 0.2) is 0 Å². The van der Waals surface area contributed by atoms with Crippen LogP contribution in [0.15, 0.2) is 59.1 Å². The summed E-state index contributed by atoms with van der Waals surface area (Å²) in [7, 11) is 0. The predicted molar refractivity (Wildman–Crippen MR) is 97.1 cm³/mol. The fourth-order valence-corrected chi connectivity index (χ4v) is 3.16. The van der Waals surface area contributed by atoms with Crippen LogP contribution in [0.3, 0.4) is 0 Å². The van der Waals surface area contributed by atoms with Crippen molar-refractivity contribution in [2.75, 3.05) is 0 Å². The number of halogens is 2. The van der Waals surface area contributed by atoms with Gasteiger partial charge in [0.2, 0.25) is 11.8 Å². The first-order valence-corrected chi connectivity index (χ1v) is 8.46. The number of amides is 2. The molecule has 0 saturated heterocycles. The highest BCUT2D eigenvalue weighted by atomic mass is 79.9. The van der Waals surface area contributed by atoms with Gasteiger partial charge >= 0.3 is 0 Å². The number of carbonyl (C=O) groups is 2. The van der Waals surface area contributed by atoms with E-state index in [1.807, 2.05) is 30.3 Å². The van der Waals surface area contributed by atoms with Crippen molar-refractivity contribution in [2.24, 2.45) is 11.7 Å². The molecule has 0 fully saturated rings. The smallest absolute Gasteiger partial charge is 0.237 e. The van der Waals surface area contributed by atoms with Gasteiger partial charge in [-0.2, -0.15) is 0 Å². The molecule has 2 atom stereocenters. The van der Waals surface area contributed by atoms with Crippen molar-refractivity contribution >= 4 is 45.0 Å². The van der Waals surface area contributed by atoms with E-state index in [1.165, 1.54) is 0 Å². The molecule has 6 heteroatoms. The van der Waals surface area contributed by atoms with E-state index >= 15 is 0 Å². The molecule has 24 heavy (non-hydrogen) atoms. The molecule has 3 rings (SSSR count). The van der Waals surface area contributed by atoms with E-state index in [1.54, 1.807) is 24.3 Å². The van der Waals surface area contributed by atoms with Crippen molar-refractivity contribution in [3.8, 4) is 0 Å². The van der Waals surface area contributed by atoms with Gasteiger partial charge in [0, 0.05) is 21.1 Å². The number of nitrogens with one attached hydrogen (secondary N) is 1. The van der Waals surface area contributed by atoms with Gasteiger partial charge in [0.05, 0.1) is 0 Å². The Morgan fingerprint density at radius 2 is 1.71 bits per heavy atom. The quantitative estimate of drug-likeness (QED) is 0.768. The van der Waals surface area contributed by atoms with Gasteiger partial charge in [-0.3, -0.25) is 9.59 Å². The summed E-state index contributed by atoms with van der Waals surface area (Å²) in [6.07, 6.45) is 1.86. The number of allylic oxidation sites excluding steroid dienone is 1. The molecule has 0 aromatic heterocycles. The van der Waals surface area contributed by atoms with Crippen LogP contribution < -0.4 is 11.1 Å². The minimum absolute atomic E-state index is 0.400. The van der Waals surface area contributed by atoms with Crippen LogP contribution in [-0.4, -0.2) is 11.8 Å². The number of hydrogen-bond acceptors (Lipinski definition) is 2. The predicted octanol–water partition coefficient (Wildman–Crippen LogP) is 3.46. The zero-order valence-corrected chi connectivity index (χ0v) is 14.8. The van der Waals surface area contributed by atoms with Gasteiger partial charge in [-0.15, -0.1) is 0 Å². The summed E-state index contributed by atoms with van der Waals surface area (Å²) in [5.41, 5.74) is 7.78. The van der Waals surface area contributed by atoms with Crippen molar-refractivity contribution in [2.45, 2.75) is 5.92 Å². The molecule has 0 spiro atoms. The standard InChI is InChI=1S/C18H14BrClN2O2/c19-12-5-1-11(2-6-12)15-9-14(10-3-7-13(20)8-4-10)16(17(21)23)18(24)22-15/h1-9,14,16H,(H2,21,23)(H,22,24). The van der Waals surface area contributed by atoms with Crippen molar-refractivity contribution in [3.05, 3.63) is 75.2 Å². The van der Waals surface area contributed by atoms with E-state index in [2.05, 4.69) is 21.2 Å². The SMILES string of the molecule is NC(=O)C1C(=O)NC(c2ccc(Br)cc2)=CC1c1ccc(Cl)cc1. The van der Waals surface area contributed by atoms with E-state index in [0.717, 1.165) is 15.6 Å². The monoisotopic (exact) mass is 404 g/mol. The number of hydrogen-bond donors (Lipinski definition) is 2. The molecular weight excluding hydrogens is 392 g/mol. The number of benzene rings is 2. The highest BCUT2D eigenvalue weighted by molar-refractivity contribution is 9.10. The van der Waals surface area contributed by atoms with Gasteiger partial charge in [-0.25, -0.2) is 0 Å². The normalized spacial score (nSPS) is 20.2. The summed E-state index contributed by atoms with van der Waals surface area (Å²) >= 11 is 9.31. The van der Waals surface area contributed by atoms with Gasteiger partial charge in [-0.05, 0) is 35.4 Å². The van der Waals surface area contributed by atoms with Crippen molar-refractivity contribution in [1.82, 2.24) is 5.32 Å².